The minimum absolute atomic E-state index is 1.32. The minimum atomic E-state index is 1.32. The average molecular weight is 188 g/mol. The van der Waals surface area contributed by atoms with Gasteiger partial charge < -0.3 is 0 Å². The maximum atomic E-state index is 2.25. The highest BCUT2D eigenvalue weighted by Crippen LogP contribution is 2.00. The SMILES string of the molecule is CC.CCCC.CCCCCCC. The van der Waals surface area contributed by atoms with Crippen molar-refractivity contribution in [3.05, 3.63) is 0 Å². The molecule has 0 aromatic heterocycles. The monoisotopic (exact) mass is 188 g/mol. The molecule has 0 heteroatoms. The van der Waals surface area contributed by atoms with Crippen LogP contribution in [0.1, 0.15) is 86.5 Å². The molecule has 0 spiro atoms. The van der Waals surface area contributed by atoms with E-state index in [9.17, 15) is 0 Å². The van der Waals surface area contributed by atoms with Gasteiger partial charge in [0.2, 0.25) is 0 Å². The van der Waals surface area contributed by atoms with Crippen LogP contribution in [0.3, 0.4) is 0 Å². The Hall–Kier alpha value is 0. The molecule has 0 aromatic carbocycles. The summed E-state index contributed by atoms with van der Waals surface area (Å²) in [4.78, 5) is 0. The summed E-state index contributed by atoms with van der Waals surface area (Å²) in [5.41, 5.74) is 0. The molecule has 0 heterocycles. The molecular weight excluding hydrogens is 156 g/mol. The van der Waals surface area contributed by atoms with Crippen molar-refractivity contribution in [3.63, 3.8) is 0 Å². The predicted octanol–water partition coefficient (Wildman–Crippen LogP) is 5.81. The fourth-order valence-electron chi connectivity index (χ4n) is 0.677. The molecule has 0 aliphatic rings. The van der Waals surface area contributed by atoms with Gasteiger partial charge in [0, 0.05) is 0 Å². The second kappa shape index (κ2) is 29.6. The van der Waals surface area contributed by atoms with Gasteiger partial charge in [-0.25, -0.2) is 0 Å². The van der Waals surface area contributed by atoms with Crippen molar-refractivity contribution in [3.8, 4) is 0 Å². The van der Waals surface area contributed by atoms with E-state index in [1.54, 1.807) is 0 Å². The van der Waals surface area contributed by atoms with Crippen molar-refractivity contribution in [2.24, 2.45) is 0 Å². The molecule has 0 atom stereocenters. The number of hydrogen-bond acceptors (Lipinski definition) is 0. The third-order valence-corrected chi connectivity index (χ3v) is 1.71. The molecule has 0 amide bonds. The number of rotatable bonds is 5. The van der Waals surface area contributed by atoms with Crippen LogP contribution in [-0.2, 0) is 0 Å². The zero-order chi connectivity index (χ0) is 10.9. The van der Waals surface area contributed by atoms with E-state index in [0.717, 1.165) is 0 Å². The molecule has 0 N–H and O–H groups in total. The summed E-state index contributed by atoms with van der Waals surface area (Å²) >= 11 is 0. The topological polar surface area (TPSA) is 0 Å². The van der Waals surface area contributed by atoms with E-state index >= 15 is 0 Å². The molecule has 0 radical (unpaired) electrons. The standard InChI is InChI=1S/C7H16.C4H10.C2H6/c1-3-5-7-6-4-2;1-3-4-2;1-2/h3-7H2,1-2H3;3-4H2,1-2H3;1-2H3. The summed E-state index contributed by atoms with van der Waals surface area (Å²) in [5.74, 6) is 0. The Morgan fingerprint density at radius 3 is 0.923 bits per heavy atom. The lowest BCUT2D eigenvalue weighted by molar-refractivity contribution is 0.656. The van der Waals surface area contributed by atoms with E-state index in [0.29, 0.717) is 0 Å². The highest BCUT2D eigenvalue weighted by Gasteiger charge is 1.80. The maximum absolute atomic E-state index is 2.25. The molecule has 0 fully saturated rings. The zero-order valence-electron chi connectivity index (χ0n) is 10.9. The van der Waals surface area contributed by atoms with Gasteiger partial charge in [0.1, 0.15) is 0 Å². The molecular formula is C13H32. The van der Waals surface area contributed by atoms with Gasteiger partial charge in [0.05, 0.1) is 0 Å². The van der Waals surface area contributed by atoms with Crippen LogP contribution in [0.25, 0.3) is 0 Å². The van der Waals surface area contributed by atoms with Gasteiger partial charge in [-0.1, -0.05) is 86.5 Å². The first-order valence-electron chi connectivity index (χ1n) is 6.33. The molecule has 0 bridgehead atoms. The van der Waals surface area contributed by atoms with Gasteiger partial charge >= 0.3 is 0 Å². The molecule has 0 saturated carbocycles. The Labute approximate surface area is 87.1 Å². The summed E-state index contributed by atoms with van der Waals surface area (Å²) in [6.07, 6.45) is 9.65. The summed E-state index contributed by atoms with van der Waals surface area (Å²) < 4.78 is 0. The van der Waals surface area contributed by atoms with Gasteiger partial charge in [0.25, 0.3) is 0 Å². The Balaban J connectivity index is -0.000000142. The summed E-state index contributed by atoms with van der Waals surface area (Å²) in [6.45, 7) is 12.9. The Bertz CT molecular complexity index is 33.3. The molecule has 84 valence electrons. The average Bonchev–Trinajstić information content (AvgIpc) is 2.22. The minimum Gasteiger partial charge on any atom is -0.0683 e. The van der Waals surface area contributed by atoms with Crippen molar-refractivity contribution in [2.45, 2.75) is 86.5 Å². The van der Waals surface area contributed by atoms with E-state index in [-0.39, 0.29) is 0 Å². The van der Waals surface area contributed by atoms with Gasteiger partial charge in [-0.2, -0.15) is 0 Å². The fourth-order valence-corrected chi connectivity index (χ4v) is 0.677. The highest BCUT2D eigenvalue weighted by atomic mass is 13.9. The van der Waals surface area contributed by atoms with E-state index in [4.69, 9.17) is 0 Å². The van der Waals surface area contributed by atoms with Crippen LogP contribution in [0.15, 0.2) is 0 Å². The molecule has 0 nitrogen and oxygen atoms in total. The van der Waals surface area contributed by atoms with Crippen LogP contribution in [0.5, 0.6) is 0 Å². The summed E-state index contributed by atoms with van der Waals surface area (Å²) in [7, 11) is 0. The lowest BCUT2D eigenvalue weighted by Gasteiger charge is -1.90. The number of unbranched alkanes of at least 4 members (excludes halogenated alkanes) is 5. The first-order valence-corrected chi connectivity index (χ1v) is 6.33. The quantitative estimate of drug-likeness (QED) is 0.478. The first-order chi connectivity index (χ1) is 6.33. The van der Waals surface area contributed by atoms with E-state index in [1.165, 1.54) is 44.9 Å². The van der Waals surface area contributed by atoms with Crippen molar-refractivity contribution >= 4 is 0 Å². The van der Waals surface area contributed by atoms with Gasteiger partial charge in [-0.3, -0.25) is 0 Å². The van der Waals surface area contributed by atoms with Crippen molar-refractivity contribution in [1.29, 1.82) is 0 Å². The third-order valence-electron chi connectivity index (χ3n) is 1.71. The van der Waals surface area contributed by atoms with Crippen molar-refractivity contribution in [1.82, 2.24) is 0 Å². The largest absolute Gasteiger partial charge is 0.0683 e. The fraction of sp³-hybridized carbons (Fsp3) is 1.00. The van der Waals surface area contributed by atoms with Crippen molar-refractivity contribution < 1.29 is 0 Å². The molecule has 13 heavy (non-hydrogen) atoms. The van der Waals surface area contributed by atoms with Crippen LogP contribution in [0.4, 0.5) is 0 Å². The Morgan fingerprint density at radius 2 is 0.769 bits per heavy atom. The molecule has 0 saturated heterocycles. The van der Waals surface area contributed by atoms with Gasteiger partial charge in [0.15, 0.2) is 0 Å². The van der Waals surface area contributed by atoms with Crippen LogP contribution in [0.2, 0.25) is 0 Å². The molecule has 0 aliphatic carbocycles. The Kier molecular flexibility index (Phi) is 42.7. The molecule has 0 aromatic rings. The summed E-state index contributed by atoms with van der Waals surface area (Å²) in [5, 5.41) is 0. The third kappa shape index (κ3) is 48.0. The smallest absolute Gasteiger partial charge is 0.0533 e. The van der Waals surface area contributed by atoms with Gasteiger partial charge in [-0.15, -0.1) is 0 Å². The highest BCUT2D eigenvalue weighted by molar-refractivity contribution is 4.35. The van der Waals surface area contributed by atoms with E-state index in [1.807, 2.05) is 13.8 Å². The summed E-state index contributed by atoms with van der Waals surface area (Å²) in [6, 6.07) is 0. The number of hydrogen-bond donors (Lipinski definition) is 0. The molecule has 0 unspecified atom stereocenters. The second-order valence-corrected chi connectivity index (χ2v) is 3.06. The normalized spacial score (nSPS) is 7.85. The lowest BCUT2D eigenvalue weighted by Crippen LogP contribution is -1.70. The van der Waals surface area contributed by atoms with Crippen LogP contribution < -0.4 is 0 Å². The predicted molar refractivity (Wildman–Crippen MR) is 66.4 cm³/mol. The van der Waals surface area contributed by atoms with Crippen LogP contribution in [-0.4, -0.2) is 0 Å². The van der Waals surface area contributed by atoms with E-state index < -0.39 is 0 Å². The molecule has 0 aliphatic heterocycles. The first kappa shape index (κ1) is 18.7. The maximum Gasteiger partial charge on any atom is -0.0533 e. The van der Waals surface area contributed by atoms with Gasteiger partial charge in [-0.05, 0) is 0 Å². The van der Waals surface area contributed by atoms with Crippen LogP contribution in [0, 0.1) is 0 Å². The van der Waals surface area contributed by atoms with Crippen LogP contribution >= 0.6 is 0 Å². The zero-order valence-corrected chi connectivity index (χ0v) is 10.9. The van der Waals surface area contributed by atoms with E-state index in [2.05, 4.69) is 27.7 Å². The lowest BCUT2D eigenvalue weighted by atomic mass is 10.2. The second-order valence-electron chi connectivity index (χ2n) is 3.06. The van der Waals surface area contributed by atoms with Crippen molar-refractivity contribution in [2.75, 3.05) is 0 Å². The molecule has 0 rings (SSSR count). The Morgan fingerprint density at radius 1 is 0.462 bits per heavy atom.